The van der Waals surface area contributed by atoms with Gasteiger partial charge in [0.15, 0.2) is 11.5 Å². The fraction of sp³-hybridized carbons (Fsp3) is 0.333. The molecule has 5 N–H and O–H groups in total. The lowest BCUT2D eigenvalue weighted by Gasteiger charge is -2.21. The Labute approximate surface area is 110 Å². The summed E-state index contributed by atoms with van der Waals surface area (Å²) in [5, 5.41) is 30.3. The number of hydrogen-bond donors (Lipinski definition) is 4. The third-order valence-electron chi connectivity index (χ3n) is 2.68. The zero-order chi connectivity index (χ0) is 14.4. The number of amides is 1. The Balaban J connectivity index is 2.87. The number of carbonyl (C=O) groups excluding carboxylic acids is 1. The number of carbonyl (C=O) groups is 1. The second-order valence-corrected chi connectivity index (χ2v) is 3.90. The van der Waals surface area contributed by atoms with Crippen LogP contribution in [-0.4, -0.2) is 45.2 Å². The second kappa shape index (κ2) is 6.48. The van der Waals surface area contributed by atoms with Crippen molar-refractivity contribution in [3.05, 3.63) is 23.8 Å². The van der Waals surface area contributed by atoms with Gasteiger partial charge in [-0.1, -0.05) is 11.2 Å². The van der Waals surface area contributed by atoms with E-state index in [2.05, 4.69) is 5.16 Å². The van der Waals surface area contributed by atoms with Crippen LogP contribution in [0.25, 0.3) is 0 Å². The van der Waals surface area contributed by atoms with Gasteiger partial charge in [-0.05, 0) is 19.1 Å². The Kier molecular flexibility index (Phi) is 4.99. The number of phenols is 2. The van der Waals surface area contributed by atoms with Crippen LogP contribution in [-0.2, 0) is 0 Å². The first-order valence-corrected chi connectivity index (χ1v) is 5.77. The minimum absolute atomic E-state index is 0.0151. The summed E-state index contributed by atoms with van der Waals surface area (Å²) >= 11 is 0. The van der Waals surface area contributed by atoms with Gasteiger partial charge in [-0.2, -0.15) is 0 Å². The van der Waals surface area contributed by atoms with Crippen LogP contribution in [0.1, 0.15) is 23.7 Å². The van der Waals surface area contributed by atoms with Crippen molar-refractivity contribution in [1.82, 2.24) is 4.90 Å². The van der Waals surface area contributed by atoms with E-state index in [0.717, 1.165) is 0 Å². The number of oxime groups is 1. The van der Waals surface area contributed by atoms with E-state index in [1.807, 2.05) is 0 Å². The number of hydrogen-bond acceptors (Lipinski definition) is 5. The maximum absolute atomic E-state index is 12.2. The number of phenolic OH excluding ortho intramolecular Hbond substituents is 2. The molecule has 0 saturated carbocycles. The summed E-state index contributed by atoms with van der Waals surface area (Å²) in [5.41, 5.74) is 5.36. The lowest BCUT2D eigenvalue weighted by atomic mass is 10.1. The van der Waals surface area contributed by atoms with Crippen LogP contribution in [0, 0.1) is 0 Å². The van der Waals surface area contributed by atoms with Crippen LogP contribution in [0.4, 0.5) is 0 Å². The normalized spacial score (nSPS) is 11.3. The molecule has 1 rings (SSSR count). The first-order valence-electron chi connectivity index (χ1n) is 5.77. The zero-order valence-electron chi connectivity index (χ0n) is 10.6. The maximum Gasteiger partial charge on any atom is 0.257 e. The van der Waals surface area contributed by atoms with Crippen molar-refractivity contribution < 1.29 is 20.2 Å². The van der Waals surface area contributed by atoms with E-state index >= 15 is 0 Å². The van der Waals surface area contributed by atoms with Crippen molar-refractivity contribution in [3.63, 3.8) is 0 Å². The minimum atomic E-state index is -0.449. The molecule has 7 nitrogen and oxygen atoms in total. The molecule has 0 aromatic heterocycles. The summed E-state index contributed by atoms with van der Waals surface area (Å²) < 4.78 is 0. The Bertz CT molecular complexity index is 488. The lowest BCUT2D eigenvalue weighted by Crippen LogP contribution is -2.34. The SMILES string of the molecule is CCN(CC/C(N)=N/O)C(=O)c1cccc(O)c1O. The second-order valence-electron chi connectivity index (χ2n) is 3.90. The van der Waals surface area contributed by atoms with Crippen LogP contribution in [0.15, 0.2) is 23.4 Å². The third kappa shape index (κ3) is 3.51. The molecule has 1 amide bonds. The van der Waals surface area contributed by atoms with Crippen molar-refractivity contribution in [2.24, 2.45) is 10.9 Å². The van der Waals surface area contributed by atoms with Gasteiger partial charge in [-0.15, -0.1) is 0 Å². The average Bonchev–Trinajstić information content (AvgIpc) is 2.41. The molecular weight excluding hydrogens is 250 g/mol. The van der Waals surface area contributed by atoms with Gasteiger partial charge >= 0.3 is 0 Å². The fourth-order valence-electron chi connectivity index (χ4n) is 1.58. The van der Waals surface area contributed by atoms with Crippen LogP contribution in [0.2, 0.25) is 0 Å². The Morgan fingerprint density at radius 1 is 1.42 bits per heavy atom. The molecule has 0 bridgehead atoms. The summed E-state index contributed by atoms with van der Waals surface area (Å²) in [7, 11) is 0. The van der Waals surface area contributed by atoms with E-state index in [1.165, 1.54) is 23.1 Å². The molecule has 0 heterocycles. The lowest BCUT2D eigenvalue weighted by molar-refractivity contribution is 0.0764. The molecule has 1 aromatic rings. The van der Waals surface area contributed by atoms with E-state index < -0.39 is 11.7 Å². The van der Waals surface area contributed by atoms with Crippen molar-refractivity contribution in [1.29, 1.82) is 0 Å². The highest BCUT2D eigenvalue weighted by molar-refractivity contribution is 5.97. The molecule has 0 aliphatic carbocycles. The van der Waals surface area contributed by atoms with Gasteiger partial charge in [-0.3, -0.25) is 4.79 Å². The van der Waals surface area contributed by atoms with Crippen LogP contribution in [0.5, 0.6) is 11.5 Å². The van der Waals surface area contributed by atoms with E-state index in [4.69, 9.17) is 10.9 Å². The standard InChI is InChI=1S/C12H17N3O4/c1-2-15(7-6-10(13)14-19)12(18)8-4-3-5-9(16)11(8)17/h3-5,16-17,19H,2,6-7H2,1H3,(H2,13,14). The van der Waals surface area contributed by atoms with Crippen molar-refractivity contribution in [3.8, 4) is 11.5 Å². The van der Waals surface area contributed by atoms with Gasteiger partial charge in [-0.25, -0.2) is 0 Å². The number of rotatable bonds is 5. The van der Waals surface area contributed by atoms with Crippen molar-refractivity contribution in [2.75, 3.05) is 13.1 Å². The molecule has 19 heavy (non-hydrogen) atoms. The van der Waals surface area contributed by atoms with E-state index in [0.29, 0.717) is 6.54 Å². The highest BCUT2D eigenvalue weighted by Crippen LogP contribution is 2.29. The number of nitrogens with zero attached hydrogens (tertiary/aromatic N) is 2. The Morgan fingerprint density at radius 2 is 2.11 bits per heavy atom. The average molecular weight is 267 g/mol. The smallest absolute Gasteiger partial charge is 0.257 e. The summed E-state index contributed by atoms with van der Waals surface area (Å²) in [6.07, 6.45) is 0.218. The first-order chi connectivity index (χ1) is 9.01. The number of nitrogens with two attached hydrogens (primary N) is 1. The molecule has 0 aliphatic rings. The quantitative estimate of drug-likeness (QED) is 0.206. The third-order valence-corrected chi connectivity index (χ3v) is 2.68. The van der Waals surface area contributed by atoms with E-state index in [-0.39, 0.29) is 30.1 Å². The molecule has 104 valence electrons. The van der Waals surface area contributed by atoms with Crippen molar-refractivity contribution in [2.45, 2.75) is 13.3 Å². The van der Waals surface area contributed by atoms with Gasteiger partial charge in [0.2, 0.25) is 0 Å². The maximum atomic E-state index is 12.2. The van der Waals surface area contributed by atoms with E-state index in [9.17, 15) is 15.0 Å². The summed E-state index contributed by atoms with van der Waals surface area (Å²) in [4.78, 5) is 13.6. The topological polar surface area (TPSA) is 119 Å². The van der Waals surface area contributed by atoms with Crippen LogP contribution in [0.3, 0.4) is 0 Å². The number of amidine groups is 1. The highest BCUT2D eigenvalue weighted by Gasteiger charge is 2.19. The molecule has 0 atom stereocenters. The molecule has 0 radical (unpaired) electrons. The predicted octanol–water partition coefficient (Wildman–Crippen LogP) is 0.696. The van der Waals surface area contributed by atoms with E-state index in [1.54, 1.807) is 6.92 Å². The Hall–Kier alpha value is -2.44. The van der Waals surface area contributed by atoms with Gasteiger partial charge in [0.05, 0.1) is 5.56 Å². The molecule has 0 saturated heterocycles. The molecule has 0 unspecified atom stereocenters. The summed E-state index contributed by atoms with van der Waals surface area (Å²) in [5.74, 6) is -1.21. The molecule has 0 aliphatic heterocycles. The Morgan fingerprint density at radius 3 is 2.68 bits per heavy atom. The number of benzene rings is 1. The fourth-order valence-corrected chi connectivity index (χ4v) is 1.58. The highest BCUT2D eigenvalue weighted by atomic mass is 16.4. The van der Waals surface area contributed by atoms with Crippen LogP contribution >= 0.6 is 0 Å². The van der Waals surface area contributed by atoms with Crippen LogP contribution < -0.4 is 5.73 Å². The zero-order valence-corrected chi connectivity index (χ0v) is 10.6. The monoisotopic (exact) mass is 267 g/mol. The summed E-state index contributed by atoms with van der Waals surface area (Å²) in [6, 6.07) is 4.18. The van der Waals surface area contributed by atoms with Gasteiger partial charge in [0, 0.05) is 19.5 Å². The predicted molar refractivity (Wildman–Crippen MR) is 69.4 cm³/mol. The number of para-hydroxylation sites is 1. The van der Waals surface area contributed by atoms with Gasteiger partial charge in [0.1, 0.15) is 5.84 Å². The number of aromatic hydroxyl groups is 2. The summed E-state index contributed by atoms with van der Waals surface area (Å²) in [6.45, 7) is 2.41. The largest absolute Gasteiger partial charge is 0.504 e. The van der Waals surface area contributed by atoms with Gasteiger partial charge in [0.25, 0.3) is 5.91 Å². The molecule has 7 heteroatoms. The first kappa shape index (κ1) is 14.6. The minimum Gasteiger partial charge on any atom is -0.504 e. The molecule has 1 aromatic carbocycles. The molecular formula is C12H17N3O4. The molecule has 0 fully saturated rings. The molecule has 0 spiro atoms. The van der Waals surface area contributed by atoms with Crippen molar-refractivity contribution >= 4 is 11.7 Å². The van der Waals surface area contributed by atoms with Gasteiger partial charge < -0.3 is 26.1 Å².